The quantitative estimate of drug-likeness (QED) is 0.682. The lowest BCUT2D eigenvalue weighted by molar-refractivity contribution is -0.256. The molecule has 0 N–H and O–H groups in total. The summed E-state index contributed by atoms with van der Waals surface area (Å²) in [6, 6.07) is 7.20. The van der Waals surface area contributed by atoms with Crippen LogP contribution in [-0.4, -0.2) is 23.8 Å². The first-order valence-corrected chi connectivity index (χ1v) is 7.35. The van der Waals surface area contributed by atoms with Crippen molar-refractivity contribution in [2.24, 2.45) is 0 Å². The second-order valence-electron chi connectivity index (χ2n) is 4.95. The number of carboxylic acid groups (broad SMARTS) is 2. The fourth-order valence-corrected chi connectivity index (χ4v) is 2.82. The maximum Gasteiger partial charge on any atom is 0.266 e. The van der Waals surface area contributed by atoms with Gasteiger partial charge >= 0.3 is 0 Å². The van der Waals surface area contributed by atoms with Gasteiger partial charge in [-0.05, 0) is 51.3 Å². The average Bonchev–Trinajstić information content (AvgIpc) is 2.79. The molecule has 2 aromatic carbocycles. The van der Waals surface area contributed by atoms with E-state index in [9.17, 15) is 29.4 Å². The lowest BCUT2D eigenvalue weighted by Crippen LogP contribution is -2.30. The van der Waals surface area contributed by atoms with Crippen molar-refractivity contribution in [1.29, 1.82) is 0 Å². The number of amides is 2. The third-order valence-corrected chi connectivity index (χ3v) is 4.22. The minimum Gasteiger partial charge on any atom is -0.545 e. The van der Waals surface area contributed by atoms with E-state index in [1.54, 1.807) is 0 Å². The number of aromatic carboxylic acids is 2. The molecule has 3 rings (SSSR count). The van der Waals surface area contributed by atoms with Crippen LogP contribution in [0, 0.1) is 0 Å². The topological polar surface area (TPSA) is 118 Å². The molecule has 0 aliphatic carbocycles. The van der Waals surface area contributed by atoms with E-state index in [1.165, 1.54) is 18.2 Å². The number of rotatable bonds is 3. The van der Waals surface area contributed by atoms with Crippen LogP contribution in [-0.2, 0) is 0 Å². The summed E-state index contributed by atoms with van der Waals surface area (Å²) < 4.78 is 0.321. The molecule has 0 bridgehead atoms. The Morgan fingerprint density at radius 3 is 2.00 bits per heavy atom. The Morgan fingerprint density at radius 1 is 0.833 bits per heavy atom. The van der Waals surface area contributed by atoms with Crippen LogP contribution in [0.3, 0.4) is 0 Å². The van der Waals surface area contributed by atoms with Gasteiger partial charge in [-0.3, -0.25) is 9.59 Å². The number of carboxylic acids is 2. The zero-order valence-corrected chi connectivity index (χ0v) is 13.3. The van der Waals surface area contributed by atoms with E-state index >= 15 is 0 Å². The number of nitrogens with zero attached hydrogens (tertiary/aromatic N) is 1. The lowest BCUT2D eigenvalue weighted by Gasteiger charge is -2.17. The number of hydrogen-bond acceptors (Lipinski definition) is 6. The minimum atomic E-state index is -1.48. The van der Waals surface area contributed by atoms with Gasteiger partial charge in [-0.25, -0.2) is 4.90 Å². The number of carbonyl (C=O) groups is 4. The van der Waals surface area contributed by atoms with Crippen molar-refractivity contribution in [3.05, 3.63) is 63.1 Å². The summed E-state index contributed by atoms with van der Waals surface area (Å²) >= 11 is 3.16. The normalized spacial score (nSPS) is 13.1. The van der Waals surface area contributed by atoms with Crippen molar-refractivity contribution < 1.29 is 29.4 Å². The Morgan fingerprint density at radius 2 is 1.38 bits per heavy atom. The van der Waals surface area contributed by atoms with Gasteiger partial charge in [0.05, 0.1) is 28.8 Å². The van der Waals surface area contributed by atoms with E-state index in [1.807, 2.05) is 0 Å². The summed E-state index contributed by atoms with van der Waals surface area (Å²) in [5.74, 6) is -4.37. The molecule has 120 valence electrons. The number of imide groups is 1. The Balaban J connectivity index is 2.13. The van der Waals surface area contributed by atoms with Crippen molar-refractivity contribution in [1.82, 2.24) is 0 Å². The van der Waals surface area contributed by atoms with Crippen molar-refractivity contribution in [3.8, 4) is 0 Å². The van der Waals surface area contributed by atoms with Gasteiger partial charge in [0.2, 0.25) is 0 Å². The SMILES string of the molecule is O=C([O-])c1ccc2c(c1)C(=O)N(c1cc(C(=O)[O-])ccc1Br)C2=O. The molecule has 0 saturated heterocycles. The summed E-state index contributed by atoms with van der Waals surface area (Å²) in [4.78, 5) is 47.7. The van der Waals surface area contributed by atoms with Gasteiger partial charge in [0, 0.05) is 4.47 Å². The van der Waals surface area contributed by atoms with Crippen LogP contribution in [0.4, 0.5) is 5.69 Å². The third-order valence-electron chi connectivity index (χ3n) is 3.55. The molecule has 2 aromatic rings. The fourth-order valence-electron chi connectivity index (χ4n) is 2.40. The van der Waals surface area contributed by atoms with Crippen LogP contribution in [0.1, 0.15) is 41.4 Å². The highest BCUT2D eigenvalue weighted by atomic mass is 79.9. The number of fused-ring (bicyclic) bond motifs is 1. The van der Waals surface area contributed by atoms with Crippen LogP contribution in [0.15, 0.2) is 40.9 Å². The van der Waals surface area contributed by atoms with Crippen LogP contribution in [0.5, 0.6) is 0 Å². The molecule has 1 heterocycles. The van der Waals surface area contributed by atoms with E-state index in [2.05, 4.69) is 15.9 Å². The molecule has 1 aliphatic heterocycles. The highest BCUT2D eigenvalue weighted by Crippen LogP contribution is 2.34. The Bertz CT molecular complexity index is 936. The van der Waals surface area contributed by atoms with Gasteiger partial charge in [0.1, 0.15) is 0 Å². The van der Waals surface area contributed by atoms with Crippen molar-refractivity contribution in [2.75, 3.05) is 4.90 Å². The zero-order chi connectivity index (χ0) is 17.6. The number of hydrogen-bond donors (Lipinski definition) is 0. The first-order chi connectivity index (χ1) is 11.3. The largest absolute Gasteiger partial charge is 0.545 e. The van der Waals surface area contributed by atoms with Gasteiger partial charge in [0.25, 0.3) is 11.8 Å². The van der Waals surface area contributed by atoms with E-state index in [-0.39, 0.29) is 27.9 Å². The summed E-state index contributed by atoms with van der Waals surface area (Å²) in [7, 11) is 0. The third kappa shape index (κ3) is 2.37. The molecule has 7 nitrogen and oxygen atoms in total. The second kappa shape index (κ2) is 5.57. The van der Waals surface area contributed by atoms with Gasteiger partial charge in [-0.15, -0.1) is 0 Å². The molecular formula is C16H6BrNO6-2. The fraction of sp³-hybridized carbons (Fsp3) is 0. The van der Waals surface area contributed by atoms with Crippen molar-refractivity contribution in [2.45, 2.75) is 0 Å². The van der Waals surface area contributed by atoms with Crippen LogP contribution in [0.2, 0.25) is 0 Å². The van der Waals surface area contributed by atoms with Crippen LogP contribution < -0.4 is 15.1 Å². The standard InChI is InChI=1S/C16H8BrNO6/c17-11-4-2-8(16(23)24)6-12(11)18-13(19)9-3-1-7(15(21)22)5-10(9)14(18)20/h1-6H,(H,21,22)(H,23,24)/p-2. The summed E-state index contributed by atoms with van der Waals surface area (Å²) in [6.07, 6.45) is 0. The molecule has 0 fully saturated rings. The molecular weight excluding hydrogens is 382 g/mol. The molecule has 0 aromatic heterocycles. The molecule has 8 heteroatoms. The summed E-state index contributed by atoms with van der Waals surface area (Å²) in [5.41, 5.74) is -0.486. The Kier molecular flexibility index (Phi) is 3.69. The number of halogens is 1. The number of benzene rings is 2. The van der Waals surface area contributed by atoms with Crippen LogP contribution in [0.25, 0.3) is 0 Å². The predicted octanol–water partition coefficient (Wildman–Crippen LogP) is -0.0233. The maximum atomic E-state index is 12.5. The smallest absolute Gasteiger partial charge is 0.266 e. The maximum absolute atomic E-state index is 12.5. The molecule has 0 atom stereocenters. The van der Waals surface area contributed by atoms with Gasteiger partial charge in [-0.2, -0.15) is 0 Å². The van der Waals surface area contributed by atoms with Gasteiger partial charge in [0.15, 0.2) is 0 Å². The molecule has 0 spiro atoms. The number of anilines is 1. The van der Waals surface area contributed by atoms with E-state index in [0.29, 0.717) is 4.47 Å². The first-order valence-electron chi connectivity index (χ1n) is 6.56. The monoisotopic (exact) mass is 387 g/mol. The van der Waals surface area contributed by atoms with Gasteiger partial charge < -0.3 is 19.8 Å². The molecule has 0 radical (unpaired) electrons. The minimum absolute atomic E-state index is 0.0238. The van der Waals surface area contributed by atoms with E-state index in [4.69, 9.17) is 0 Å². The molecule has 2 amide bonds. The summed E-state index contributed by atoms with van der Waals surface area (Å²) in [5, 5.41) is 21.9. The highest BCUT2D eigenvalue weighted by Gasteiger charge is 2.37. The van der Waals surface area contributed by atoms with Crippen molar-refractivity contribution in [3.63, 3.8) is 0 Å². The van der Waals surface area contributed by atoms with E-state index in [0.717, 1.165) is 23.1 Å². The highest BCUT2D eigenvalue weighted by molar-refractivity contribution is 9.10. The number of carbonyl (C=O) groups excluding carboxylic acids is 4. The van der Waals surface area contributed by atoms with Crippen molar-refractivity contribution >= 4 is 45.4 Å². The summed E-state index contributed by atoms with van der Waals surface area (Å²) in [6.45, 7) is 0. The predicted molar refractivity (Wildman–Crippen MR) is 80.4 cm³/mol. The molecule has 24 heavy (non-hydrogen) atoms. The van der Waals surface area contributed by atoms with Gasteiger partial charge in [-0.1, -0.05) is 12.1 Å². The lowest BCUT2D eigenvalue weighted by atomic mass is 10.1. The first kappa shape index (κ1) is 15.9. The Hall–Kier alpha value is -3.00. The molecule has 1 aliphatic rings. The molecule has 0 saturated carbocycles. The van der Waals surface area contributed by atoms with E-state index < -0.39 is 23.8 Å². The molecule has 0 unspecified atom stereocenters. The van der Waals surface area contributed by atoms with Crippen LogP contribution >= 0.6 is 15.9 Å². The Labute approximate surface area is 143 Å². The zero-order valence-electron chi connectivity index (χ0n) is 11.7. The average molecular weight is 388 g/mol. The second-order valence-corrected chi connectivity index (χ2v) is 5.80.